The van der Waals surface area contributed by atoms with Gasteiger partial charge in [-0.3, -0.25) is 19.7 Å². The summed E-state index contributed by atoms with van der Waals surface area (Å²) in [7, 11) is -4.28. The third-order valence-corrected chi connectivity index (χ3v) is 7.85. The number of non-ortho nitro benzene ring substituents is 1. The van der Waals surface area contributed by atoms with Gasteiger partial charge in [0.2, 0.25) is 11.8 Å². The molecule has 2 aliphatic rings. The van der Waals surface area contributed by atoms with Crippen LogP contribution < -0.4 is 5.32 Å². The molecule has 3 atom stereocenters. The second-order valence-electron chi connectivity index (χ2n) is 8.22. The molecular weight excluding hydrogens is 530 g/mol. The van der Waals surface area contributed by atoms with E-state index in [0.717, 1.165) is 0 Å². The summed E-state index contributed by atoms with van der Waals surface area (Å²) in [6.07, 6.45) is -0.739. The predicted octanol–water partition coefficient (Wildman–Crippen LogP) is 1.64. The van der Waals surface area contributed by atoms with Crippen molar-refractivity contribution in [3.8, 4) is 0 Å². The summed E-state index contributed by atoms with van der Waals surface area (Å²) >= 11 is 1.29. The average Bonchev–Trinajstić information content (AvgIpc) is 3.14. The van der Waals surface area contributed by atoms with Gasteiger partial charge in [-0.05, 0) is 31.5 Å². The van der Waals surface area contributed by atoms with Crippen LogP contribution in [0, 0.1) is 16.0 Å². The molecule has 0 aliphatic carbocycles. The Bertz CT molecular complexity index is 1200. The maximum absolute atomic E-state index is 13.1. The number of hydrogen-bond donors (Lipinski definition) is 1. The van der Waals surface area contributed by atoms with E-state index >= 15 is 0 Å². The molecule has 202 valence electrons. The van der Waals surface area contributed by atoms with Gasteiger partial charge in [0.05, 0.1) is 29.6 Å². The molecule has 2 amide bonds. The number of β-lactam (4-membered cyclic amide) rings is 1. The van der Waals surface area contributed by atoms with Crippen LogP contribution in [0.2, 0.25) is 0 Å². The molecule has 0 radical (unpaired) electrons. The van der Waals surface area contributed by atoms with Gasteiger partial charge in [0, 0.05) is 42.7 Å². The molecule has 0 spiro atoms. The number of rotatable bonds is 13. The zero-order valence-corrected chi connectivity index (χ0v) is 22.0. The highest BCUT2D eigenvalue weighted by molar-refractivity contribution is 8.03. The molecule has 13 nitrogen and oxygen atoms in total. The number of benzene rings is 1. The number of carbonyl (C=O) groups excluding carboxylic acids is 3. The van der Waals surface area contributed by atoms with Crippen molar-refractivity contribution in [2.24, 2.45) is 5.92 Å². The zero-order chi connectivity index (χ0) is 27.3. The van der Waals surface area contributed by atoms with Gasteiger partial charge in [-0.2, -0.15) is 8.42 Å². The fourth-order valence-electron chi connectivity index (χ4n) is 4.09. The highest BCUT2D eigenvalue weighted by Crippen LogP contribution is 2.48. The number of nitrogens with zero attached hydrogens (tertiary/aromatic N) is 2. The summed E-state index contributed by atoms with van der Waals surface area (Å²) in [4.78, 5) is 49.4. The SMILES string of the molecule is CCOS(=O)(=O)O[C@@H](C)[C@@H]1C(=O)N2C(C(=O)OCc3ccc([N+](=O)[O-])cc3)=C(SCCNC(C)=O)C[C@H]12. The largest absolute Gasteiger partial charge is 0.456 e. The maximum Gasteiger partial charge on any atom is 0.400 e. The van der Waals surface area contributed by atoms with Crippen molar-refractivity contribution in [2.45, 2.75) is 45.9 Å². The highest BCUT2D eigenvalue weighted by atomic mass is 32.3. The van der Waals surface area contributed by atoms with Crippen LogP contribution in [0.25, 0.3) is 0 Å². The van der Waals surface area contributed by atoms with E-state index in [1.165, 1.54) is 61.7 Å². The number of carbonyl (C=O) groups is 3. The van der Waals surface area contributed by atoms with Crippen molar-refractivity contribution < 1.29 is 40.8 Å². The van der Waals surface area contributed by atoms with E-state index in [9.17, 15) is 32.9 Å². The van der Waals surface area contributed by atoms with E-state index in [0.29, 0.717) is 22.8 Å². The number of nitro benzene ring substituents is 1. The fourth-order valence-corrected chi connectivity index (χ4v) is 5.98. The molecule has 1 aromatic rings. The van der Waals surface area contributed by atoms with Crippen molar-refractivity contribution in [3.05, 3.63) is 50.5 Å². The van der Waals surface area contributed by atoms with Crippen LogP contribution in [-0.4, -0.2) is 67.1 Å². The van der Waals surface area contributed by atoms with Crippen molar-refractivity contribution in [1.82, 2.24) is 10.2 Å². The molecular formula is C22H27N3O10S2. The standard InChI is InChI=1S/C22H27N3O10S2/c1-4-34-37(31,32)35-13(2)19-17-11-18(36-10-9-23-14(3)26)20(24(17)21(19)27)22(28)33-12-15-5-7-16(8-6-15)25(29)30/h5-8,13,17,19H,4,9-12H2,1-3H3,(H,23,26)/t13-,17+,19-/m0/s1. The second-order valence-corrected chi connectivity index (χ2v) is 10.7. The summed E-state index contributed by atoms with van der Waals surface area (Å²) in [5.41, 5.74) is 0.472. The summed E-state index contributed by atoms with van der Waals surface area (Å²) in [6, 6.07) is 4.99. The van der Waals surface area contributed by atoms with Crippen LogP contribution in [0.3, 0.4) is 0 Å². The second kappa shape index (κ2) is 12.0. The van der Waals surface area contributed by atoms with Gasteiger partial charge in [0.1, 0.15) is 12.3 Å². The van der Waals surface area contributed by atoms with E-state index < -0.39 is 45.3 Å². The van der Waals surface area contributed by atoms with Crippen molar-refractivity contribution in [1.29, 1.82) is 0 Å². The Morgan fingerprint density at radius 2 is 1.97 bits per heavy atom. The predicted molar refractivity (Wildman–Crippen MR) is 131 cm³/mol. The van der Waals surface area contributed by atoms with Gasteiger partial charge in [0.25, 0.3) is 5.69 Å². The number of amides is 2. The third kappa shape index (κ3) is 6.85. The minimum Gasteiger partial charge on any atom is -0.456 e. The van der Waals surface area contributed by atoms with Gasteiger partial charge < -0.3 is 15.0 Å². The van der Waals surface area contributed by atoms with E-state index in [-0.39, 0.29) is 36.9 Å². The van der Waals surface area contributed by atoms with E-state index in [1.54, 1.807) is 0 Å². The lowest BCUT2D eigenvalue weighted by atomic mass is 9.83. The van der Waals surface area contributed by atoms with Crippen molar-refractivity contribution in [3.63, 3.8) is 0 Å². The first kappa shape index (κ1) is 28.6. The third-order valence-electron chi connectivity index (χ3n) is 5.67. The van der Waals surface area contributed by atoms with Gasteiger partial charge in [-0.15, -0.1) is 11.8 Å². The van der Waals surface area contributed by atoms with E-state index in [1.807, 2.05) is 0 Å². The molecule has 1 aromatic carbocycles. The first-order valence-electron chi connectivity index (χ1n) is 11.4. The topological polar surface area (TPSA) is 171 Å². The van der Waals surface area contributed by atoms with Crippen molar-refractivity contribution in [2.75, 3.05) is 18.9 Å². The number of hydrogen-bond acceptors (Lipinski definition) is 11. The Hall–Kier alpha value is -3.01. The molecule has 3 rings (SSSR count). The monoisotopic (exact) mass is 557 g/mol. The minimum atomic E-state index is -4.28. The Labute approximate surface area is 218 Å². The van der Waals surface area contributed by atoms with Gasteiger partial charge in [-0.25, -0.2) is 13.2 Å². The van der Waals surface area contributed by atoms with Crippen LogP contribution in [0.15, 0.2) is 34.9 Å². The molecule has 0 bridgehead atoms. The molecule has 2 aliphatic heterocycles. The summed E-state index contributed by atoms with van der Waals surface area (Å²) in [5.74, 6) is -1.84. The van der Waals surface area contributed by atoms with E-state index in [4.69, 9.17) is 8.92 Å². The van der Waals surface area contributed by atoms with Crippen LogP contribution in [0.4, 0.5) is 5.69 Å². The summed E-state index contributed by atoms with van der Waals surface area (Å²) < 4.78 is 38.8. The van der Waals surface area contributed by atoms with Crippen LogP contribution in [-0.2, 0) is 44.5 Å². The maximum atomic E-state index is 13.1. The molecule has 1 saturated heterocycles. The average molecular weight is 558 g/mol. The molecule has 15 heteroatoms. The van der Waals surface area contributed by atoms with Gasteiger partial charge in [-0.1, -0.05) is 0 Å². The lowest BCUT2D eigenvalue weighted by Gasteiger charge is -2.45. The Morgan fingerprint density at radius 1 is 1.30 bits per heavy atom. The Balaban J connectivity index is 1.73. The molecule has 2 heterocycles. The minimum absolute atomic E-state index is 0.0563. The van der Waals surface area contributed by atoms with E-state index in [2.05, 4.69) is 9.50 Å². The number of nitrogens with one attached hydrogen (secondary N) is 1. The molecule has 0 saturated carbocycles. The van der Waals surface area contributed by atoms with Gasteiger partial charge >= 0.3 is 16.4 Å². The molecule has 0 unspecified atom stereocenters. The van der Waals surface area contributed by atoms with Crippen LogP contribution >= 0.6 is 11.8 Å². The first-order valence-corrected chi connectivity index (χ1v) is 13.7. The normalized spacial score (nSPS) is 19.8. The quantitative estimate of drug-likeness (QED) is 0.123. The number of fused-ring (bicyclic) bond motifs is 1. The number of ether oxygens (including phenoxy) is 1. The lowest BCUT2D eigenvalue weighted by Crippen LogP contribution is -2.62. The summed E-state index contributed by atoms with van der Waals surface area (Å²) in [6.45, 7) is 4.36. The lowest BCUT2D eigenvalue weighted by molar-refractivity contribution is -0.384. The fraction of sp³-hybridized carbons (Fsp3) is 0.500. The highest BCUT2D eigenvalue weighted by Gasteiger charge is 2.58. The van der Waals surface area contributed by atoms with Crippen LogP contribution in [0.5, 0.6) is 0 Å². The van der Waals surface area contributed by atoms with Crippen LogP contribution in [0.1, 0.15) is 32.8 Å². The Kier molecular flexibility index (Phi) is 9.28. The Morgan fingerprint density at radius 3 is 2.57 bits per heavy atom. The molecule has 1 fully saturated rings. The van der Waals surface area contributed by atoms with Crippen molar-refractivity contribution >= 4 is 45.6 Å². The zero-order valence-electron chi connectivity index (χ0n) is 20.4. The van der Waals surface area contributed by atoms with Gasteiger partial charge in [0.15, 0.2) is 0 Å². The number of esters is 1. The first-order chi connectivity index (χ1) is 17.4. The smallest absolute Gasteiger partial charge is 0.400 e. The number of thioether (sulfide) groups is 1. The molecule has 0 aromatic heterocycles. The molecule has 1 N–H and O–H groups in total. The molecule has 37 heavy (non-hydrogen) atoms. The number of nitro groups is 1. The summed E-state index contributed by atoms with van der Waals surface area (Å²) in [5, 5.41) is 13.5.